The van der Waals surface area contributed by atoms with Crippen molar-refractivity contribution in [3.8, 4) is 11.5 Å². The van der Waals surface area contributed by atoms with E-state index in [1.807, 2.05) is 18.2 Å². The molecule has 1 saturated carbocycles. The van der Waals surface area contributed by atoms with Gasteiger partial charge in [0.1, 0.15) is 0 Å². The van der Waals surface area contributed by atoms with E-state index < -0.39 is 12.1 Å². The van der Waals surface area contributed by atoms with Gasteiger partial charge >= 0.3 is 5.97 Å². The number of carbonyl (C=O) groups is 2. The van der Waals surface area contributed by atoms with Crippen LogP contribution in [0.5, 0.6) is 11.5 Å². The van der Waals surface area contributed by atoms with Crippen LogP contribution in [0, 0.1) is 0 Å². The average molecular weight is 367 g/mol. The van der Waals surface area contributed by atoms with Crippen LogP contribution in [-0.2, 0) is 9.53 Å². The zero-order valence-corrected chi connectivity index (χ0v) is 14.9. The number of ether oxygens (including phenoxy) is 3. The summed E-state index contributed by atoms with van der Waals surface area (Å²) in [6.07, 6.45) is 1.72. The molecule has 27 heavy (non-hydrogen) atoms. The van der Waals surface area contributed by atoms with Crippen molar-refractivity contribution in [1.29, 1.82) is 0 Å². The van der Waals surface area contributed by atoms with Crippen molar-refractivity contribution in [3.05, 3.63) is 59.7 Å². The van der Waals surface area contributed by atoms with Crippen LogP contribution in [0.3, 0.4) is 0 Å². The van der Waals surface area contributed by atoms with E-state index in [0.29, 0.717) is 35.8 Å². The highest BCUT2D eigenvalue weighted by molar-refractivity contribution is 5.93. The lowest BCUT2D eigenvalue weighted by molar-refractivity contribution is -0.130. The van der Waals surface area contributed by atoms with Crippen LogP contribution in [0.4, 0.5) is 0 Å². The zero-order valence-electron chi connectivity index (χ0n) is 14.9. The zero-order chi connectivity index (χ0) is 18.6. The second-order valence-corrected chi connectivity index (χ2v) is 6.69. The van der Waals surface area contributed by atoms with Crippen LogP contribution < -0.4 is 14.8 Å². The molecular weight excluding hydrogens is 346 g/mol. The van der Waals surface area contributed by atoms with Crippen LogP contribution in [-0.4, -0.2) is 31.1 Å². The van der Waals surface area contributed by atoms with E-state index in [1.165, 1.54) is 0 Å². The van der Waals surface area contributed by atoms with Crippen LogP contribution in [0.25, 0.3) is 0 Å². The number of amides is 1. The van der Waals surface area contributed by atoms with Gasteiger partial charge in [0, 0.05) is 18.0 Å². The Morgan fingerprint density at radius 2 is 1.74 bits per heavy atom. The molecule has 0 radical (unpaired) electrons. The summed E-state index contributed by atoms with van der Waals surface area (Å²) < 4.78 is 16.8. The predicted octanol–water partition coefficient (Wildman–Crippen LogP) is 3.02. The minimum absolute atomic E-state index is 0.181. The van der Waals surface area contributed by atoms with Crippen molar-refractivity contribution in [2.75, 3.05) is 13.2 Å². The molecule has 6 heteroatoms. The molecule has 0 spiro atoms. The molecule has 140 valence electrons. The molecule has 1 fully saturated rings. The highest BCUT2D eigenvalue weighted by atomic mass is 16.5. The van der Waals surface area contributed by atoms with Crippen molar-refractivity contribution >= 4 is 11.9 Å². The highest BCUT2D eigenvalue weighted by Gasteiger charge is 2.31. The normalized spacial score (nSPS) is 16.7. The molecule has 1 atom stereocenters. The summed E-state index contributed by atoms with van der Waals surface area (Å²) in [6.45, 7) is 1.11. The predicted molar refractivity (Wildman–Crippen MR) is 97.8 cm³/mol. The van der Waals surface area contributed by atoms with E-state index in [0.717, 1.165) is 19.3 Å². The lowest BCUT2D eigenvalue weighted by atomic mass is 10.1. The van der Waals surface area contributed by atoms with Crippen LogP contribution in [0.15, 0.2) is 48.5 Å². The third-order valence-electron chi connectivity index (χ3n) is 4.47. The lowest BCUT2D eigenvalue weighted by Gasteiger charge is -2.18. The maximum absolute atomic E-state index is 12.7. The van der Waals surface area contributed by atoms with Crippen molar-refractivity contribution in [3.63, 3.8) is 0 Å². The topological polar surface area (TPSA) is 73.9 Å². The van der Waals surface area contributed by atoms with E-state index in [-0.39, 0.29) is 11.9 Å². The molecule has 1 aliphatic carbocycles. The van der Waals surface area contributed by atoms with Crippen LogP contribution >= 0.6 is 0 Å². The first kappa shape index (κ1) is 17.4. The molecule has 0 bridgehead atoms. The summed E-state index contributed by atoms with van der Waals surface area (Å²) in [6, 6.07) is 14.1. The Labute approximate surface area is 157 Å². The fourth-order valence-corrected chi connectivity index (χ4v) is 2.87. The summed E-state index contributed by atoms with van der Waals surface area (Å²) in [5.41, 5.74) is 0.956. The first-order valence-corrected chi connectivity index (χ1v) is 9.16. The summed E-state index contributed by atoms with van der Waals surface area (Å²) in [5, 5.41) is 2.91. The van der Waals surface area contributed by atoms with Crippen LogP contribution in [0.2, 0.25) is 0 Å². The first-order chi connectivity index (χ1) is 13.2. The smallest absolute Gasteiger partial charge is 0.339 e. The minimum Gasteiger partial charge on any atom is -0.490 e. The molecule has 2 aromatic carbocycles. The summed E-state index contributed by atoms with van der Waals surface area (Å²) in [4.78, 5) is 25.3. The maximum Gasteiger partial charge on any atom is 0.339 e. The van der Waals surface area contributed by atoms with E-state index in [1.54, 1.807) is 30.3 Å². The standard InChI is InChI=1S/C21H21NO5/c23-20(22-16-8-9-16)19(14-5-2-1-3-6-14)27-21(24)15-7-10-17-18(13-15)26-12-4-11-25-17/h1-3,5-7,10,13,16,19H,4,8-9,11-12H2,(H,22,23)/t19-/m1/s1. The Hall–Kier alpha value is -3.02. The number of nitrogens with one attached hydrogen (secondary N) is 1. The molecular formula is C21H21NO5. The molecule has 0 unspecified atom stereocenters. The molecule has 0 aromatic heterocycles. The molecule has 1 amide bonds. The van der Waals surface area contributed by atoms with Gasteiger partial charge < -0.3 is 19.5 Å². The van der Waals surface area contributed by atoms with Gasteiger partial charge in [-0.05, 0) is 31.0 Å². The first-order valence-electron chi connectivity index (χ1n) is 9.16. The van der Waals surface area contributed by atoms with Crippen molar-refractivity contribution in [1.82, 2.24) is 5.32 Å². The fourth-order valence-electron chi connectivity index (χ4n) is 2.87. The number of hydrogen-bond acceptors (Lipinski definition) is 5. The van der Waals surface area contributed by atoms with Crippen molar-refractivity contribution in [2.24, 2.45) is 0 Å². The van der Waals surface area contributed by atoms with Crippen molar-refractivity contribution in [2.45, 2.75) is 31.4 Å². The van der Waals surface area contributed by atoms with Gasteiger partial charge in [-0.25, -0.2) is 4.79 Å². The summed E-state index contributed by atoms with van der Waals surface area (Å²) in [5.74, 6) is 0.243. The third kappa shape index (κ3) is 4.22. The van der Waals surface area contributed by atoms with Gasteiger partial charge in [0.2, 0.25) is 6.10 Å². The number of hydrogen-bond donors (Lipinski definition) is 1. The van der Waals surface area contributed by atoms with Gasteiger partial charge in [-0.3, -0.25) is 4.79 Å². The molecule has 4 rings (SSSR count). The quantitative estimate of drug-likeness (QED) is 0.823. The van der Waals surface area contributed by atoms with Gasteiger partial charge in [0.05, 0.1) is 18.8 Å². The van der Waals surface area contributed by atoms with E-state index in [2.05, 4.69) is 5.32 Å². The molecule has 2 aromatic rings. The lowest BCUT2D eigenvalue weighted by Crippen LogP contribution is -2.33. The van der Waals surface area contributed by atoms with Gasteiger partial charge in [-0.1, -0.05) is 30.3 Å². The summed E-state index contributed by atoms with van der Waals surface area (Å²) >= 11 is 0. The van der Waals surface area contributed by atoms with Crippen molar-refractivity contribution < 1.29 is 23.8 Å². The highest BCUT2D eigenvalue weighted by Crippen LogP contribution is 2.31. The molecule has 6 nitrogen and oxygen atoms in total. The number of rotatable bonds is 5. The second-order valence-electron chi connectivity index (χ2n) is 6.69. The maximum atomic E-state index is 12.7. The SMILES string of the molecule is O=C(O[C@@H](C(=O)NC1CC1)c1ccccc1)c1ccc2c(c1)OCCCO2. The van der Waals surface area contributed by atoms with E-state index in [4.69, 9.17) is 14.2 Å². The number of esters is 1. The molecule has 1 aliphatic heterocycles. The largest absolute Gasteiger partial charge is 0.490 e. The molecule has 1 N–H and O–H groups in total. The van der Waals surface area contributed by atoms with E-state index in [9.17, 15) is 9.59 Å². The third-order valence-corrected chi connectivity index (χ3v) is 4.47. The summed E-state index contributed by atoms with van der Waals surface area (Å²) in [7, 11) is 0. The number of carbonyl (C=O) groups excluding carboxylic acids is 2. The molecule has 2 aliphatic rings. The Bertz CT molecular complexity index is 832. The Balaban J connectivity index is 1.54. The molecule has 0 saturated heterocycles. The number of fused-ring (bicyclic) bond motifs is 1. The molecule has 1 heterocycles. The van der Waals surface area contributed by atoms with Gasteiger partial charge in [-0.2, -0.15) is 0 Å². The minimum atomic E-state index is -0.990. The monoisotopic (exact) mass is 367 g/mol. The van der Waals surface area contributed by atoms with Gasteiger partial charge in [-0.15, -0.1) is 0 Å². The number of benzene rings is 2. The van der Waals surface area contributed by atoms with E-state index >= 15 is 0 Å². The van der Waals surface area contributed by atoms with Gasteiger partial charge in [0.15, 0.2) is 11.5 Å². The fraction of sp³-hybridized carbons (Fsp3) is 0.333. The Kier molecular flexibility index (Phi) is 4.96. The average Bonchev–Trinajstić information content (AvgIpc) is 3.52. The van der Waals surface area contributed by atoms with Crippen LogP contribution in [0.1, 0.15) is 41.3 Å². The Morgan fingerprint density at radius 3 is 2.48 bits per heavy atom. The Morgan fingerprint density at radius 1 is 1.00 bits per heavy atom. The van der Waals surface area contributed by atoms with Gasteiger partial charge in [0.25, 0.3) is 5.91 Å². The second kappa shape index (κ2) is 7.70.